The molecule has 0 aliphatic carbocycles. The van der Waals surface area contributed by atoms with Gasteiger partial charge in [0.1, 0.15) is 0 Å². The van der Waals surface area contributed by atoms with Crippen molar-refractivity contribution in [3.05, 3.63) is 0 Å². The Kier molecular flexibility index (Phi) is 2.30. The van der Waals surface area contributed by atoms with Gasteiger partial charge in [-0.25, -0.2) is 0 Å². The van der Waals surface area contributed by atoms with Gasteiger partial charge in [0.25, 0.3) is 0 Å². The van der Waals surface area contributed by atoms with Gasteiger partial charge in [-0.1, -0.05) is 0 Å². The van der Waals surface area contributed by atoms with Crippen LogP contribution < -0.4 is 0 Å². The second-order valence-corrected chi connectivity index (χ2v) is 2.27. The predicted molar refractivity (Wildman–Crippen MR) is 32.8 cm³/mol. The summed E-state index contributed by atoms with van der Waals surface area (Å²) in [5, 5.41) is 8.41. The lowest BCUT2D eigenvalue weighted by Gasteiger charge is -2.30. The summed E-state index contributed by atoms with van der Waals surface area (Å²) in [5.74, 6) is 0. The molecule has 0 atom stereocenters. The molecule has 0 radical (unpaired) electrons. The van der Waals surface area contributed by atoms with Crippen molar-refractivity contribution >= 4 is 0 Å². The first-order valence-corrected chi connectivity index (χ1v) is 3.26. The van der Waals surface area contributed by atoms with E-state index in [1.54, 1.807) is 0 Å². The summed E-state index contributed by atoms with van der Waals surface area (Å²) in [7, 11) is 0. The Labute approximate surface area is 50.1 Å². The Morgan fingerprint density at radius 3 is 2.50 bits per heavy atom. The average Bonchev–Trinajstić information content (AvgIpc) is 1.63. The summed E-state index contributed by atoms with van der Waals surface area (Å²) in [5.41, 5.74) is 0. The van der Waals surface area contributed by atoms with Crippen LogP contribution in [0.5, 0.6) is 0 Å². The van der Waals surface area contributed by atoms with Gasteiger partial charge in [0.2, 0.25) is 0 Å². The zero-order valence-electron chi connectivity index (χ0n) is 5.14. The van der Waals surface area contributed by atoms with E-state index >= 15 is 0 Å². The van der Waals surface area contributed by atoms with Gasteiger partial charge in [0.05, 0.1) is 0 Å². The van der Waals surface area contributed by atoms with E-state index in [9.17, 15) is 0 Å². The number of aliphatic hydroxyl groups is 1. The van der Waals surface area contributed by atoms with E-state index in [0.29, 0.717) is 6.61 Å². The molecule has 1 heterocycles. The molecule has 0 unspecified atom stereocenters. The fraction of sp³-hybridized carbons (Fsp3) is 1.00. The van der Waals surface area contributed by atoms with Crippen LogP contribution in [0.4, 0.5) is 0 Å². The molecule has 2 heteroatoms. The van der Waals surface area contributed by atoms with Crippen molar-refractivity contribution in [1.82, 2.24) is 4.90 Å². The minimum absolute atomic E-state index is 0.344. The molecule has 1 aliphatic heterocycles. The van der Waals surface area contributed by atoms with Gasteiger partial charge < -0.3 is 10.0 Å². The molecule has 1 saturated heterocycles. The molecule has 0 saturated carbocycles. The first-order valence-electron chi connectivity index (χ1n) is 3.26. The van der Waals surface area contributed by atoms with Crippen LogP contribution in [0, 0.1) is 0 Å². The number of likely N-dealkylation sites (tertiary alicyclic amines) is 1. The SMILES string of the molecule is OCCCN1CCC1. The van der Waals surface area contributed by atoms with Gasteiger partial charge in [-0.2, -0.15) is 0 Å². The van der Waals surface area contributed by atoms with Crippen molar-refractivity contribution < 1.29 is 5.11 Å². The molecule has 1 aliphatic rings. The molecule has 0 spiro atoms. The van der Waals surface area contributed by atoms with E-state index in [2.05, 4.69) is 4.90 Å². The van der Waals surface area contributed by atoms with E-state index < -0.39 is 0 Å². The first kappa shape index (κ1) is 6.05. The van der Waals surface area contributed by atoms with Crippen LogP contribution in [-0.2, 0) is 0 Å². The predicted octanol–water partition coefficient (Wildman–Crippen LogP) is 0.0745. The van der Waals surface area contributed by atoms with Crippen LogP contribution in [0.3, 0.4) is 0 Å². The molecule has 8 heavy (non-hydrogen) atoms. The molecule has 0 bridgehead atoms. The fourth-order valence-corrected chi connectivity index (χ4v) is 0.900. The third-order valence-corrected chi connectivity index (χ3v) is 1.58. The number of hydrogen-bond donors (Lipinski definition) is 1. The Hall–Kier alpha value is -0.0800. The highest BCUT2D eigenvalue weighted by Gasteiger charge is 2.11. The normalized spacial score (nSPS) is 20.6. The Bertz CT molecular complexity index is 61.5. The van der Waals surface area contributed by atoms with Gasteiger partial charge in [-0.3, -0.25) is 0 Å². The average molecular weight is 115 g/mol. The topological polar surface area (TPSA) is 23.5 Å². The third-order valence-electron chi connectivity index (χ3n) is 1.58. The van der Waals surface area contributed by atoms with Crippen molar-refractivity contribution in [2.75, 3.05) is 26.2 Å². The second-order valence-electron chi connectivity index (χ2n) is 2.27. The number of hydrogen-bond acceptors (Lipinski definition) is 2. The Balaban J connectivity index is 1.86. The summed E-state index contributed by atoms with van der Waals surface area (Å²) in [6, 6.07) is 0. The molecule has 1 N–H and O–H groups in total. The van der Waals surface area contributed by atoms with Crippen molar-refractivity contribution in [3.63, 3.8) is 0 Å². The van der Waals surface area contributed by atoms with Gasteiger partial charge in [-0.15, -0.1) is 0 Å². The zero-order valence-corrected chi connectivity index (χ0v) is 5.14. The van der Waals surface area contributed by atoms with Gasteiger partial charge >= 0.3 is 0 Å². The lowest BCUT2D eigenvalue weighted by atomic mass is 10.2. The third kappa shape index (κ3) is 1.46. The highest BCUT2D eigenvalue weighted by atomic mass is 16.3. The van der Waals surface area contributed by atoms with Crippen LogP contribution in [0.1, 0.15) is 12.8 Å². The Morgan fingerprint density at radius 2 is 2.12 bits per heavy atom. The fourth-order valence-electron chi connectivity index (χ4n) is 0.900. The number of rotatable bonds is 3. The lowest BCUT2D eigenvalue weighted by molar-refractivity contribution is 0.161. The molecule has 0 amide bonds. The molecule has 0 aromatic carbocycles. The molecule has 2 nitrogen and oxygen atoms in total. The highest BCUT2D eigenvalue weighted by Crippen LogP contribution is 2.04. The molecule has 1 rings (SSSR count). The maximum absolute atomic E-state index is 8.41. The maximum atomic E-state index is 8.41. The van der Waals surface area contributed by atoms with E-state index in [0.717, 1.165) is 13.0 Å². The van der Waals surface area contributed by atoms with E-state index in [1.165, 1.54) is 19.5 Å². The Morgan fingerprint density at radius 1 is 1.38 bits per heavy atom. The van der Waals surface area contributed by atoms with Crippen molar-refractivity contribution in [3.8, 4) is 0 Å². The van der Waals surface area contributed by atoms with Gasteiger partial charge in [0.15, 0.2) is 0 Å². The van der Waals surface area contributed by atoms with Crippen LogP contribution in [0.15, 0.2) is 0 Å². The highest BCUT2D eigenvalue weighted by molar-refractivity contribution is 4.67. The molecule has 1 fully saturated rings. The van der Waals surface area contributed by atoms with Crippen LogP contribution in [-0.4, -0.2) is 36.2 Å². The first-order chi connectivity index (χ1) is 3.93. The van der Waals surface area contributed by atoms with Crippen molar-refractivity contribution in [2.24, 2.45) is 0 Å². The minimum Gasteiger partial charge on any atom is -0.396 e. The summed E-state index contributed by atoms with van der Waals surface area (Å²) < 4.78 is 0. The summed E-state index contributed by atoms with van der Waals surface area (Å²) >= 11 is 0. The van der Waals surface area contributed by atoms with Crippen molar-refractivity contribution in [1.29, 1.82) is 0 Å². The second kappa shape index (κ2) is 3.05. The van der Waals surface area contributed by atoms with Crippen LogP contribution in [0.2, 0.25) is 0 Å². The largest absolute Gasteiger partial charge is 0.396 e. The van der Waals surface area contributed by atoms with Gasteiger partial charge in [-0.05, 0) is 25.9 Å². The molecular formula is C6H13NO. The standard InChI is InChI=1S/C6H13NO/c8-6-2-5-7-3-1-4-7/h8H,1-6H2. The minimum atomic E-state index is 0.344. The summed E-state index contributed by atoms with van der Waals surface area (Å²) in [6.45, 7) is 3.94. The van der Waals surface area contributed by atoms with Crippen molar-refractivity contribution in [2.45, 2.75) is 12.8 Å². The zero-order chi connectivity index (χ0) is 5.82. The lowest BCUT2D eigenvalue weighted by Crippen LogP contribution is -2.37. The summed E-state index contributed by atoms with van der Waals surface area (Å²) in [4.78, 5) is 2.36. The quantitative estimate of drug-likeness (QED) is 0.563. The summed E-state index contributed by atoms with van der Waals surface area (Å²) in [6.07, 6.45) is 2.30. The molecule has 0 aromatic heterocycles. The van der Waals surface area contributed by atoms with E-state index in [-0.39, 0.29) is 0 Å². The smallest absolute Gasteiger partial charge is 0.0443 e. The monoisotopic (exact) mass is 115 g/mol. The van der Waals surface area contributed by atoms with Crippen LogP contribution in [0.25, 0.3) is 0 Å². The molecular weight excluding hydrogens is 102 g/mol. The van der Waals surface area contributed by atoms with E-state index in [4.69, 9.17) is 5.11 Å². The molecule has 48 valence electrons. The van der Waals surface area contributed by atoms with Gasteiger partial charge in [0, 0.05) is 13.2 Å². The number of nitrogens with zero attached hydrogens (tertiary/aromatic N) is 1. The van der Waals surface area contributed by atoms with Crippen LogP contribution >= 0.6 is 0 Å². The molecule has 0 aromatic rings. The number of aliphatic hydroxyl groups excluding tert-OH is 1. The van der Waals surface area contributed by atoms with E-state index in [1.807, 2.05) is 0 Å². The maximum Gasteiger partial charge on any atom is 0.0443 e.